The third kappa shape index (κ3) is 2.95. The van der Waals surface area contributed by atoms with Crippen molar-refractivity contribution in [3.8, 4) is 0 Å². The molecule has 2 N–H and O–H groups in total. The first-order chi connectivity index (χ1) is 7.28. The molecule has 0 saturated carbocycles. The van der Waals surface area contributed by atoms with Gasteiger partial charge in [-0.3, -0.25) is 9.52 Å². The number of amides is 1. The number of hydrogen-bond donors (Lipinski definition) is 2. The number of hydrogen-bond acceptors (Lipinski definition) is 4. The standard InChI is InChI=1S/C10H20N2O3S/c1-8(2)16(14,15)12-9(13)10(3)6-4-5-7-11-10/h8,11H,4-7H2,1-3H3,(H,12,13). The van der Waals surface area contributed by atoms with Crippen LogP contribution < -0.4 is 10.0 Å². The molecule has 0 bridgehead atoms. The van der Waals surface area contributed by atoms with Crippen molar-refractivity contribution in [2.24, 2.45) is 0 Å². The van der Waals surface area contributed by atoms with Gasteiger partial charge in [0.2, 0.25) is 10.0 Å². The van der Waals surface area contributed by atoms with E-state index in [1.807, 2.05) is 0 Å². The third-order valence-corrected chi connectivity index (χ3v) is 4.69. The van der Waals surface area contributed by atoms with Gasteiger partial charge in [-0.25, -0.2) is 8.42 Å². The van der Waals surface area contributed by atoms with E-state index in [4.69, 9.17) is 0 Å². The maximum atomic E-state index is 11.9. The van der Waals surface area contributed by atoms with Gasteiger partial charge in [0.25, 0.3) is 5.91 Å². The van der Waals surface area contributed by atoms with E-state index in [2.05, 4.69) is 10.0 Å². The molecule has 1 heterocycles. The van der Waals surface area contributed by atoms with Crippen molar-refractivity contribution >= 4 is 15.9 Å². The Morgan fingerprint density at radius 3 is 2.44 bits per heavy atom. The molecule has 5 nitrogen and oxygen atoms in total. The second-order valence-corrected chi connectivity index (χ2v) is 6.98. The molecule has 1 saturated heterocycles. The molecular formula is C10H20N2O3S. The number of carbonyl (C=O) groups excluding carboxylic acids is 1. The Labute approximate surface area is 97.0 Å². The van der Waals surface area contributed by atoms with Gasteiger partial charge in [0.1, 0.15) is 0 Å². The average molecular weight is 248 g/mol. The van der Waals surface area contributed by atoms with Crippen LogP contribution in [0.4, 0.5) is 0 Å². The summed E-state index contributed by atoms with van der Waals surface area (Å²) in [6, 6.07) is 0. The number of rotatable bonds is 3. The summed E-state index contributed by atoms with van der Waals surface area (Å²) in [6.07, 6.45) is 2.64. The smallest absolute Gasteiger partial charge is 0.253 e. The molecule has 1 aliphatic heterocycles. The molecule has 1 unspecified atom stereocenters. The molecule has 1 fully saturated rings. The van der Waals surface area contributed by atoms with E-state index < -0.39 is 26.7 Å². The topological polar surface area (TPSA) is 75.3 Å². The maximum Gasteiger partial charge on any atom is 0.253 e. The third-order valence-electron chi connectivity index (χ3n) is 2.98. The molecule has 0 spiro atoms. The van der Waals surface area contributed by atoms with Gasteiger partial charge in [-0.15, -0.1) is 0 Å². The second kappa shape index (κ2) is 4.71. The highest BCUT2D eigenvalue weighted by Crippen LogP contribution is 2.19. The van der Waals surface area contributed by atoms with E-state index >= 15 is 0 Å². The zero-order valence-electron chi connectivity index (χ0n) is 10.0. The van der Waals surface area contributed by atoms with Crippen molar-refractivity contribution in [2.75, 3.05) is 6.54 Å². The first-order valence-electron chi connectivity index (χ1n) is 5.59. The molecular weight excluding hydrogens is 228 g/mol. The van der Waals surface area contributed by atoms with Crippen molar-refractivity contribution in [1.82, 2.24) is 10.0 Å². The normalized spacial score (nSPS) is 26.8. The summed E-state index contributed by atoms with van der Waals surface area (Å²) in [7, 11) is -3.52. The molecule has 1 aliphatic rings. The molecule has 0 radical (unpaired) electrons. The molecule has 0 aromatic carbocycles. The van der Waals surface area contributed by atoms with E-state index in [-0.39, 0.29) is 0 Å². The van der Waals surface area contributed by atoms with Crippen LogP contribution in [-0.4, -0.2) is 31.7 Å². The van der Waals surface area contributed by atoms with Crippen molar-refractivity contribution in [3.63, 3.8) is 0 Å². The average Bonchev–Trinajstić information content (AvgIpc) is 2.18. The van der Waals surface area contributed by atoms with Crippen LogP contribution in [-0.2, 0) is 14.8 Å². The number of carbonyl (C=O) groups is 1. The van der Waals surface area contributed by atoms with Crippen LogP contribution in [0.2, 0.25) is 0 Å². The summed E-state index contributed by atoms with van der Waals surface area (Å²) < 4.78 is 25.3. The molecule has 1 rings (SSSR count). The predicted octanol–water partition coefficient (Wildman–Crippen LogP) is 0.373. The molecule has 1 atom stereocenters. The molecule has 0 aliphatic carbocycles. The Morgan fingerprint density at radius 1 is 1.38 bits per heavy atom. The Bertz CT molecular complexity index is 356. The Kier molecular flexibility index (Phi) is 3.96. The van der Waals surface area contributed by atoms with Crippen molar-refractivity contribution in [1.29, 1.82) is 0 Å². The zero-order chi connectivity index (χ0) is 12.4. The second-order valence-electron chi connectivity index (χ2n) is 4.74. The monoisotopic (exact) mass is 248 g/mol. The van der Waals surface area contributed by atoms with Gasteiger partial charge in [-0.05, 0) is 46.6 Å². The van der Waals surface area contributed by atoms with Gasteiger partial charge >= 0.3 is 0 Å². The maximum absolute atomic E-state index is 11.9. The SMILES string of the molecule is CC(C)S(=O)(=O)NC(=O)C1(C)CCCCN1. The minimum Gasteiger partial charge on any atom is -0.304 e. The summed E-state index contributed by atoms with van der Waals surface area (Å²) >= 11 is 0. The van der Waals surface area contributed by atoms with E-state index in [1.54, 1.807) is 20.8 Å². The summed E-state index contributed by atoms with van der Waals surface area (Å²) in [5, 5.41) is 2.49. The quantitative estimate of drug-likeness (QED) is 0.757. The molecule has 6 heteroatoms. The lowest BCUT2D eigenvalue weighted by Gasteiger charge is -2.33. The van der Waals surface area contributed by atoms with Gasteiger partial charge in [0.05, 0.1) is 10.8 Å². The van der Waals surface area contributed by atoms with Crippen LogP contribution >= 0.6 is 0 Å². The molecule has 16 heavy (non-hydrogen) atoms. The fourth-order valence-corrected chi connectivity index (χ4v) is 2.33. The van der Waals surface area contributed by atoms with E-state index in [0.29, 0.717) is 6.42 Å². The van der Waals surface area contributed by atoms with Gasteiger partial charge in [0.15, 0.2) is 0 Å². The molecule has 0 aromatic heterocycles. The molecule has 1 amide bonds. The van der Waals surface area contributed by atoms with Crippen LogP contribution in [0.1, 0.15) is 40.0 Å². The van der Waals surface area contributed by atoms with Crippen molar-refractivity contribution in [2.45, 2.75) is 50.8 Å². The largest absolute Gasteiger partial charge is 0.304 e. The van der Waals surface area contributed by atoms with Crippen molar-refractivity contribution in [3.05, 3.63) is 0 Å². The van der Waals surface area contributed by atoms with Gasteiger partial charge in [-0.2, -0.15) is 0 Å². The molecule has 0 aromatic rings. The van der Waals surface area contributed by atoms with E-state index in [9.17, 15) is 13.2 Å². The Morgan fingerprint density at radius 2 is 2.00 bits per heavy atom. The van der Waals surface area contributed by atoms with Crippen LogP contribution in [0.25, 0.3) is 0 Å². The van der Waals surface area contributed by atoms with E-state index in [1.165, 1.54) is 0 Å². The molecule has 94 valence electrons. The van der Waals surface area contributed by atoms with Crippen LogP contribution in [0.15, 0.2) is 0 Å². The fraction of sp³-hybridized carbons (Fsp3) is 0.900. The number of nitrogens with one attached hydrogen (secondary N) is 2. The van der Waals surface area contributed by atoms with Gasteiger partial charge in [-0.1, -0.05) is 0 Å². The lowest BCUT2D eigenvalue weighted by molar-refractivity contribution is -0.126. The van der Waals surface area contributed by atoms with Crippen LogP contribution in [0.5, 0.6) is 0 Å². The van der Waals surface area contributed by atoms with E-state index in [0.717, 1.165) is 19.4 Å². The van der Waals surface area contributed by atoms with Gasteiger partial charge in [0, 0.05) is 0 Å². The fourth-order valence-electron chi connectivity index (χ4n) is 1.61. The minimum absolute atomic E-state index is 0.444. The Balaban J connectivity index is 2.72. The highest BCUT2D eigenvalue weighted by atomic mass is 32.2. The first-order valence-corrected chi connectivity index (χ1v) is 7.14. The lowest BCUT2D eigenvalue weighted by Crippen LogP contribution is -2.58. The summed E-state index contributed by atoms with van der Waals surface area (Å²) in [6.45, 7) is 5.60. The summed E-state index contributed by atoms with van der Waals surface area (Å²) in [4.78, 5) is 11.9. The number of piperidine rings is 1. The first kappa shape index (κ1) is 13.4. The number of sulfonamides is 1. The minimum atomic E-state index is -3.52. The lowest BCUT2D eigenvalue weighted by atomic mass is 9.90. The Hall–Kier alpha value is -0.620. The predicted molar refractivity (Wildman–Crippen MR) is 62.5 cm³/mol. The highest BCUT2D eigenvalue weighted by Gasteiger charge is 2.36. The zero-order valence-corrected chi connectivity index (χ0v) is 10.9. The van der Waals surface area contributed by atoms with Crippen LogP contribution in [0.3, 0.4) is 0 Å². The van der Waals surface area contributed by atoms with Crippen LogP contribution in [0, 0.1) is 0 Å². The van der Waals surface area contributed by atoms with Crippen molar-refractivity contribution < 1.29 is 13.2 Å². The summed E-state index contributed by atoms with van der Waals surface area (Å²) in [5.74, 6) is -0.444. The van der Waals surface area contributed by atoms with Gasteiger partial charge < -0.3 is 5.32 Å². The highest BCUT2D eigenvalue weighted by molar-refractivity contribution is 7.90. The summed E-state index contributed by atoms with van der Waals surface area (Å²) in [5.41, 5.74) is -0.750.